The third kappa shape index (κ3) is 4.00. The average molecular weight is 288 g/mol. The molecule has 1 atom stereocenters. The van der Waals surface area contributed by atoms with Crippen molar-refractivity contribution < 1.29 is 17.6 Å². The molecule has 1 unspecified atom stereocenters. The number of aryl methyl sites for hydroxylation is 2. The van der Waals surface area contributed by atoms with Crippen LogP contribution in [0.25, 0.3) is 0 Å². The fourth-order valence-electron chi connectivity index (χ4n) is 1.99. The van der Waals surface area contributed by atoms with Crippen LogP contribution in [0.15, 0.2) is 17.0 Å². The summed E-state index contributed by atoms with van der Waals surface area (Å²) in [6, 6.07) is 1.69. The number of sulfonamides is 1. The summed E-state index contributed by atoms with van der Waals surface area (Å²) in [7, 11) is -3.81. The number of nitrogens with two attached hydrogens (primary N) is 1. The van der Waals surface area contributed by atoms with Crippen LogP contribution in [0.5, 0.6) is 0 Å². The molecule has 0 saturated heterocycles. The van der Waals surface area contributed by atoms with Gasteiger partial charge in [0.1, 0.15) is 5.82 Å². The van der Waals surface area contributed by atoms with Gasteiger partial charge in [0, 0.05) is 12.5 Å². The minimum Gasteiger partial charge on any atom is -0.370 e. The highest BCUT2D eigenvalue weighted by Crippen LogP contribution is 2.21. The molecule has 1 aromatic rings. The number of primary amides is 1. The van der Waals surface area contributed by atoms with Gasteiger partial charge in [-0.3, -0.25) is 4.79 Å². The summed E-state index contributed by atoms with van der Waals surface area (Å²) >= 11 is 0. The number of amides is 1. The van der Waals surface area contributed by atoms with E-state index in [1.54, 1.807) is 0 Å². The molecule has 106 valence electrons. The van der Waals surface area contributed by atoms with Gasteiger partial charge < -0.3 is 5.73 Å². The summed E-state index contributed by atoms with van der Waals surface area (Å²) in [5, 5.41) is 0. The molecule has 19 heavy (non-hydrogen) atoms. The fraction of sp³-hybridized carbons (Fsp3) is 0.417. The van der Waals surface area contributed by atoms with E-state index in [0.29, 0.717) is 11.1 Å². The molecule has 0 spiro atoms. The average Bonchev–Trinajstić information content (AvgIpc) is 2.10. The van der Waals surface area contributed by atoms with Gasteiger partial charge in [-0.1, -0.05) is 0 Å². The van der Waals surface area contributed by atoms with Crippen molar-refractivity contribution in [2.45, 2.75) is 38.1 Å². The van der Waals surface area contributed by atoms with Gasteiger partial charge in [-0.15, -0.1) is 0 Å². The Morgan fingerprint density at radius 1 is 1.37 bits per heavy atom. The van der Waals surface area contributed by atoms with Crippen LogP contribution in [0.1, 0.15) is 24.5 Å². The fourth-order valence-corrected chi connectivity index (χ4v) is 3.69. The van der Waals surface area contributed by atoms with Gasteiger partial charge in [-0.2, -0.15) is 0 Å². The smallest absolute Gasteiger partial charge is 0.241 e. The second-order valence-corrected chi connectivity index (χ2v) is 6.21. The molecule has 0 aliphatic rings. The quantitative estimate of drug-likeness (QED) is 0.846. The van der Waals surface area contributed by atoms with Gasteiger partial charge in [-0.05, 0) is 44.0 Å². The molecular weight excluding hydrogens is 271 g/mol. The summed E-state index contributed by atoms with van der Waals surface area (Å²) < 4.78 is 39.9. The van der Waals surface area contributed by atoms with Crippen molar-refractivity contribution in [3.8, 4) is 0 Å². The van der Waals surface area contributed by atoms with Crippen LogP contribution < -0.4 is 10.5 Å². The number of rotatable bonds is 5. The summed E-state index contributed by atoms with van der Waals surface area (Å²) in [6.07, 6.45) is -0.0987. The highest BCUT2D eigenvalue weighted by molar-refractivity contribution is 7.89. The van der Waals surface area contributed by atoms with E-state index >= 15 is 0 Å². The monoisotopic (exact) mass is 288 g/mol. The Balaban J connectivity index is 3.11. The molecule has 1 aromatic carbocycles. The first-order valence-corrected chi connectivity index (χ1v) is 7.19. The molecule has 7 heteroatoms. The van der Waals surface area contributed by atoms with Crippen LogP contribution in [-0.2, 0) is 14.8 Å². The topological polar surface area (TPSA) is 89.3 Å². The van der Waals surface area contributed by atoms with Gasteiger partial charge >= 0.3 is 0 Å². The van der Waals surface area contributed by atoms with Gasteiger partial charge in [0.15, 0.2) is 0 Å². The molecule has 0 bridgehead atoms. The Kier molecular flexibility index (Phi) is 4.65. The molecular formula is C12H17FN2O3S. The number of nitrogens with one attached hydrogen (secondary N) is 1. The van der Waals surface area contributed by atoms with Gasteiger partial charge in [-0.25, -0.2) is 17.5 Å². The summed E-state index contributed by atoms with van der Waals surface area (Å²) in [6.45, 7) is 4.57. The van der Waals surface area contributed by atoms with Crippen molar-refractivity contribution in [1.82, 2.24) is 4.72 Å². The van der Waals surface area contributed by atoms with Crippen molar-refractivity contribution >= 4 is 15.9 Å². The summed E-state index contributed by atoms with van der Waals surface area (Å²) in [4.78, 5) is 10.8. The van der Waals surface area contributed by atoms with E-state index in [-0.39, 0.29) is 11.3 Å². The largest absolute Gasteiger partial charge is 0.370 e. The number of benzene rings is 1. The number of carbonyl (C=O) groups excluding carboxylic acids is 1. The number of hydrogen-bond donors (Lipinski definition) is 2. The van der Waals surface area contributed by atoms with Crippen molar-refractivity contribution in [3.63, 3.8) is 0 Å². The van der Waals surface area contributed by atoms with Crippen LogP contribution in [0.2, 0.25) is 0 Å². The summed E-state index contributed by atoms with van der Waals surface area (Å²) in [5.74, 6) is -1.08. The van der Waals surface area contributed by atoms with Crippen molar-refractivity contribution in [1.29, 1.82) is 0 Å². The molecule has 0 aliphatic heterocycles. The standard InChI is InChI=1S/C12H17FN2O3S/c1-7-4-10(13)5-8(2)12(7)19(17,18)15-9(3)6-11(14)16/h4-5,9,15H,6H2,1-3H3,(H2,14,16). The van der Waals surface area contributed by atoms with Gasteiger partial charge in [0.25, 0.3) is 0 Å². The van der Waals surface area contributed by atoms with E-state index in [0.717, 1.165) is 12.1 Å². The van der Waals surface area contributed by atoms with Crippen LogP contribution in [0, 0.1) is 19.7 Å². The zero-order chi connectivity index (χ0) is 14.8. The minimum atomic E-state index is -3.81. The predicted molar refractivity (Wildman–Crippen MR) is 69.5 cm³/mol. The van der Waals surface area contributed by atoms with Gasteiger partial charge in [0.05, 0.1) is 4.90 Å². The number of hydrogen-bond acceptors (Lipinski definition) is 3. The molecule has 0 aliphatic carbocycles. The van der Waals surface area contributed by atoms with Crippen LogP contribution >= 0.6 is 0 Å². The lowest BCUT2D eigenvalue weighted by Crippen LogP contribution is -2.36. The Morgan fingerprint density at radius 3 is 2.26 bits per heavy atom. The zero-order valence-electron chi connectivity index (χ0n) is 11.0. The van der Waals surface area contributed by atoms with E-state index < -0.39 is 27.8 Å². The van der Waals surface area contributed by atoms with E-state index in [4.69, 9.17) is 5.73 Å². The van der Waals surface area contributed by atoms with Gasteiger partial charge in [0.2, 0.25) is 15.9 Å². The molecule has 1 rings (SSSR count). The SMILES string of the molecule is Cc1cc(F)cc(C)c1S(=O)(=O)NC(C)CC(N)=O. The molecule has 0 aromatic heterocycles. The molecule has 1 amide bonds. The predicted octanol–water partition coefficient (Wildman–Crippen LogP) is 0.985. The van der Waals surface area contributed by atoms with E-state index in [1.165, 1.54) is 20.8 Å². The lowest BCUT2D eigenvalue weighted by atomic mass is 10.1. The van der Waals surface area contributed by atoms with Crippen LogP contribution in [0.4, 0.5) is 4.39 Å². The number of halogens is 1. The summed E-state index contributed by atoms with van der Waals surface area (Å²) in [5.41, 5.74) is 5.64. The first-order valence-electron chi connectivity index (χ1n) is 5.71. The van der Waals surface area contributed by atoms with E-state index in [1.807, 2.05) is 0 Å². The molecule has 3 N–H and O–H groups in total. The first-order chi connectivity index (χ1) is 8.63. The number of carbonyl (C=O) groups is 1. The lowest BCUT2D eigenvalue weighted by Gasteiger charge is -2.16. The third-order valence-electron chi connectivity index (χ3n) is 2.56. The van der Waals surface area contributed by atoms with E-state index in [9.17, 15) is 17.6 Å². The Bertz CT molecular complexity index is 576. The van der Waals surface area contributed by atoms with Crippen molar-refractivity contribution in [2.24, 2.45) is 5.73 Å². The Morgan fingerprint density at radius 2 is 1.84 bits per heavy atom. The lowest BCUT2D eigenvalue weighted by molar-refractivity contribution is -0.118. The normalized spacial score (nSPS) is 13.3. The first kappa shape index (κ1) is 15.6. The molecule has 0 heterocycles. The minimum absolute atomic E-state index is 0.0326. The Labute approximate surface area is 112 Å². The maximum atomic E-state index is 13.2. The molecule has 0 saturated carbocycles. The highest BCUT2D eigenvalue weighted by Gasteiger charge is 2.23. The molecule has 0 radical (unpaired) electrons. The second kappa shape index (κ2) is 5.66. The highest BCUT2D eigenvalue weighted by atomic mass is 32.2. The van der Waals surface area contributed by atoms with Crippen molar-refractivity contribution in [2.75, 3.05) is 0 Å². The third-order valence-corrected chi connectivity index (χ3v) is 4.45. The maximum absolute atomic E-state index is 13.2. The maximum Gasteiger partial charge on any atom is 0.241 e. The van der Waals surface area contributed by atoms with Crippen LogP contribution in [0.3, 0.4) is 0 Å². The molecule has 5 nitrogen and oxygen atoms in total. The van der Waals surface area contributed by atoms with Crippen LogP contribution in [-0.4, -0.2) is 20.4 Å². The van der Waals surface area contributed by atoms with E-state index in [2.05, 4.69) is 4.72 Å². The molecule has 0 fully saturated rings. The second-order valence-electron chi connectivity index (χ2n) is 4.56. The van der Waals surface area contributed by atoms with Crippen molar-refractivity contribution in [3.05, 3.63) is 29.1 Å². The zero-order valence-corrected chi connectivity index (χ0v) is 11.8. The Hall–Kier alpha value is -1.47.